The number of aromatic carboxylic acids is 1. The molecule has 1 aliphatic heterocycles. The van der Waals surface area contributed by atoms with E-state index in [1.807, 2.05) is 0 Å². The SMILES string of the molecule is CCC(=O)N[C@H]1Cc2cc(F)cc(C(=O)O)c2OB1O. The lowest BCUT2D eigenvalue weighted by Gasteiger charge is -2.28. The Kier molecular flexibility index (Phi) is 3.94. The molecule has 0 radical (unpaired) electrons. The van der Waals surface area contributed by atoms with E-state index in [1.54, 1.807) is 6.92 Å². The van der Waals surface area contributed by atoms with Crippen molar-refractivity contribution in [1.82, 2.24) is 5.32 Å². The van der Waals surface area contributed by atoms with E-state index in [0.717, 1.165) is 12.1 Å². The molecular weight excluding hydrogens is 268 g/mol. The third kappa shape index (κ3) is 2.74. The number of nitrogens with one attached hydrogen (secondary N) is 1. The number of benzene rings is 1. The molecule has 0 bridgehead atoms. The van der Waals surface area contributed by atoms with Crippen LogP contribution in [0.5, 0.6) is 5.75 Å². The molecular formula is C12H13BFNO5. The maximum atomic E-state index is 13.4. The molecule has 1 heterocycles. The number of hydrogen-bond acceptors (Lipinski definition) is 4. The predicted octanol–water partition coefficient (Wildman–Crippen LogP) is 0.373. The average Bonchev–Trinajstić information content (AvgIpc) is 2.39. The molecule has 6 nitrogen and oxygen atoms in total. The summed E-state index contributed by atoms with van der Waals surface area (Å²) in [6.45, 7) is 1.65. The zero-order chi connectivity index (χ0) is 14.9. The lowest BCUT2D eigenvalue weighted by molar-refractivity contribution is -0.121. The first kappa shape index (κ1) is 14.3. The van der Waals surface area contributed by atoms with Gasteiger partial charge in [0.15, 0.2) is 0 Å². The molecule has 0 unspecified atom stereocenters. The fourth-order valence-corrected chi connectivity index (χ4v) is 2.07. The van der Waals surface area contributed by atoms with Gasteiger partial charge in [-0.3, -0.25) is 4.79 Å². The Bertz CT molecular complexity index is 565. The number of amides is 1. The molecule has 0 saturated heterocycles. The minimum absolute atomic E-state index is 0.0617. The van der Waals surface area contributed by atoms with Gasteiger partial charge in [-0.2, -0.15) is 0 Å². The number of rotatable bonds is 3. The topological polar surface area (TPSA) is 95.9 Å². The Morgan fingerprint density at radius 2 is 2.25 bits per heavy atom. The van der Waals surface area contributed by atoms with Crippen LogP contribution in [0.15, 0.2) is 12.1 Å². The molecule has 0 saturated carbocycles. The summed E-state index contributed by atoms with van der Waals surface area (Å²) in [5.41, 5.74) is -0.0478. The Morgan fingerprint density at radius 1 is 1.55 bits per heavy atom. The summed E-state index contributed by atoms with van der Waals surface area (Å²) in [5, 5.41) is 21.4. The molecule has 3 N–H and O–H groups in total. The maximum Gasteiger partial charge on any atom is 0.547 e. The van der Waals surface area contributed by atoms with E-state index in [2.05, 4.69) is 5.32 Å². The summed E-state index contributed by atoms with van der Waals surface area (Å²) >= 11 is 0. The lowest BCUT2D eigenvalue weighted by atomic mass is 9.72. The van der Waals surface area contributed by atoms with Crippen molar-refractivity contribution in [3.05, 3.63) is 29.1 Å². The second-order valence-electron chi connectivity index (χ2n) is 4.49. The fourth-order valence-electron chi connectivity index (χ4n) is 2.07. The van der Waals surface area contributed by atoms with E-state index in [0.29, 0.717) is 5.56 Å². The van der Waals surface area contributed by atoms with Gasteiger partial charge in [-0.1, -0.05) is 6.92 Å². The van der Waals surface area contributed by atoms with Crippen molar-refractivity contribution in [3.8, 4) is 5.75 Å². The minimum Gasteiger partial charge on any atom is -0.534 e. The van der Waals surface area contributed by atoms with Crippen LogP contribution in [-0.2, 0) is 11.2 Å². The van der Waals surface area contributed by atoms with Gasteiger partial charge in [-0.15, -0.1) is 0 Å². The molecule has 106 valence electrons. The molecule has 1 aliphatic rings. The number of carboxylic acids is 1. The van der Waals surface area contributed by atoms with E-state index in [1.165, 1.54) is 0 Å². The first-order chi connectivity index (χ1) is 9.42. The maximum absolute atomic E-state index is 13.4. The normalized spacial score (nSPS) is 17.1. The van der Waals surface area contributed by atoms with Crippen LogP contribution >= 0.6 is 0 Å². The minimum atomic E-state index is -1.37. The molecule has 0 aromatic heterocycles. The summed E-state index contributed by atoms with van der Waals surface area (Å²) in [6.07, 6.45) is 0.333. The molecule has 0 spiro atoms. The molecule has 0 fully saturated rings. The van der Waals surface area contributed by atoms with Crippen molar-refractivity contribution in [2.24, 2.45) is 0 Å². The zero-order valence-electron chi connectivity index (χ0n) is 10.7. The van der Waals surface area contributed by atoms with E-state index in [4.69, 9.17) is 9.76 Å². The van der Waals surface area contributed by atoms with Crippen LogP contribution in [0.4, 0.5) is 4.39 Å². The fraction of sp³-hybridized carbons (Fsp3) is 0.333. The molecule has 1 aromatic rings. The van der Waals surface area contributed by atoms with Crippen molar-refractivity contribution in [1.29, 1.82) is 0 Å². The highest BCUT2D eigenvalue weighted by molar-refractivity contribution is 6.47. The highest BCUT2D eigenvalue weighted by Crippen LogP contribution is 2.31. The standard InChI is InChI=1S/C12H13BFNO5/c1-2-10(16)15-9-4-6-3-7(14)5-8(12(17)18)11(6)20-13(9)19/h3,5,9,19H,2,4H2,1H3,(H,15,16)(H,17,18)/t9-/m0/s1. The van der Waals surface area contributed by atoms with E-state index < -0.39 is 24.8 Å². The summed E-state index contributed by atoms with van der Waals surface area (Å²) in [6, 6.07) is 1.97. The number of carbonyl (C=O) groups excluding carboxylic acids is 1. The van der Waals surface area contributed by atoms with E-state index >= 15 is 0 Å². The van der Waals surface area contributed by atoms with Gasteiger partial charge in [-0.25, -0.2) is 9.18 Å². The van der Waals surface area contributed by atoms with Crippen molar-refractivity contribution < 1.29 is 28.8 Å². The Hall–Kier alpha value is -2.09. The summed E-state index contributed by atoms with van der Waals surface area (Å²) < 4.78 is 18.5. The average molecular weight is 281 g/mol. The van der Waals surface area contributed by atoms with Gasteiger partial charge in [-0.05, 0) is 24.1 Å². The van der Waals surface area contributed by atoms with Gasteiger partial charge in [0, 0.05) is 6.42 Å². The second kappa shape index (κ2) is 5.50. The number of hydrogen-bond donors (Lipinski definition) is 3. The van der Waals surface area contributed by atoms with Crippen molar-refractivity contribution in [2.45, 2.75) is 25.7 Å². The quantitative estimate of drug-likeness (QED) is 0.696. The Balaban J connectivity index is 2.34. The first-order valence-electron chi connectivity index (χ1n) is 6.12. The first-order valence-corrected chi connectivity index (χ1v) is 6.12. The van der Waals surface area contributed by atoms with Crippen LogP contribution in [0, 0.1) is 5.82 Å². The smallest absolute Gasteiger partial charge is 0.534 e. The predicted molar refractivity (Wildman–Crippen MR) is 67.9 cm³/mol. The monoisotopic (exact) mass is 281 g/mol. The van der Waals surface area contributed by atoms with Crippen LogP contribution in [0.25, 0.3) is 0 Å². The number of carbonyl (C=O) groups is 2. The molecule has 8 heteroatoms. The number of carboxylic acid groups (broad SMARTS) is 1. The third-order valence-electron chi connectivity index (χ3n) is 3.05. The molecule has 1 atom stereocenters. The van der Waals surface area contributed by atoms with Gasteiger partial charge >= 0.3 is 13.1 Å². The Morgan fingerprint density at radius 3 is 2.85 bits per heavy atom. The van der Waals surface area contributed by atoms with Crippen LogP contribution < -0.4 is 9.97 Å². The molecule has 1 amide bonds. The van der Waals surface area contributed by atoms with Crippen molar-refractivity contribution >= 4 is 19.0 Å². The third-order valence-corrected chi connectivity index (χ3v) is 3.05. The van der Waals surface area contributed by atoms with Crippen LogP contribution in [0.1, 0.15) is 29.3 Å². The summed E-state index contributed by atoms with van der Waals surface area (Å²) in [5.74, 6) is -3.13. The van der Waals surface area contributed by atoms with E-state index in [9.17, 15) is 19.0 Å². The van der Waals surface area contributed by atoms with Gasteiger partial charge in [0.05, 0.1) is 5.94 Å². The van der Waals surface area contributed by atoms with Crippen molar-refractivity contribution in [3.63, 3.8) is 0 Å². The Labute approximate surface area is 114 Å². The summed E-state index contributed by atoms with van der Waals surface area (Å²) in [7, 11) is -1.37. The highest BCUT2D eigenvalue weighted by atomic mass is 19.1. The van der Waals surface area contributed by atoms with Crippen molar-refractivity contribution in [2.75, 3.05) is 0 Å². The van der Waals surface area contributed by atoms with E-state index in [-0.39, 0.29) is 30.1 Å². The van der Waals surface area contributed by atoms with Crippen LogP contribution in [0.3, 0.4) is 0 Å². The van der Waals surface area contributed by atoms with Gasteiger partial charge in [0.25, 0.3) is 0 Å². The molecule has 2 rings (SSSR count). The summed E-state index contributed by atoms with van der Waals surface area (Å²) in [4.78, 5) is 22.4. The molecule has 0 aliphatic carbocycles. The molecule has 1 aromatic carbocycles. The largest absolute Gasteiger partial charge is 0.547 e. The molecule has 20 heavy (non-hydrogen) atoms. The highest BCUT2D eigenvalue weighted by Gasteiger charge is 2.37. The number of halogens is 1. The van der Waals surface area contributed by atoms with Gasteiger partial charge in [0.1, 0.15) is 17.1 Å². The number of fused-ring (bicyclic) bond motifs is 1. The van der Waals surface area contributed by atoms with Gasteiger partial charge < -0.3 is 20.1 Å². The second-order valence-corrected chi connectivity index (χ2v) is 4.49. The van der Waals surface area contributed by atoms with Crippen LogP contribution in [0.2, 0.25) is 0 Å². The van der Waals surface area contributed by atoms with Gasteiger partial charge in [0.2, 0.25) is 5.91 Å². The van der Waals surface area contributed by atoms with Crippen LogP contribution in [-0.4, -0.2) is 35.1 Å². The zero-order valence-corrected chi connectivity index (χ0v) is 10.7. The lowest BCUT2D eigenvalue weighted by Crippen LogP contribution is -2.53.